The minimum absolute atomic E-state index is 0.0922. The van der Waals surface area contributed by atoms with Gasteiger partial charge in [-0.3, -0.25) is 14.3 Å². The summed E-state index contributed by atoms with van der Waals surface area (Å²) in [4.78, 5) is 26.9. The number of aryl methyl sites for hydroxylation is 1. The highest BCUT2D eigenvalue weighted by Gasteiger charge is 2.30. The SMILES string of the molecule is [2H]C([2H])([2H])NC(=O)c1nnc(NC(=O)C2CC2)cc1Nc1cccc2c1N(C)Cc1cn(C([2H])([2H])[2H])nc1-2. The lowest BCUT2D eigenvalue weighted by molar-refractivity contribution is -0.117. The molecule has 10 heteroatoms. The van der Waals surface area contributed by atoms with Crippen molar-refractivity contribution in [2.45, 2.75) is 19.4 Å². The Morgan fingerprint density at radius 1 is 1.22 bits per heavy atom. The number of nitrogens with zero attached hydrogens (tertiary/aromatic N) is 5. The van der Waals surface area contributed by atoms with Gasteiger partial charge in [0.1, 0.15) is 0 Å². The van der Waals surface area contributed by atoms with Crippen LogP contribution in [0.1, 0.15) is 37.1 Å². The molecular formula is C22H24N8O2. The van der Waals surface area contributed by atoms with Crippen LogP contribution in [0.5, 0.6) is 0 Å². The maximum atomic E-state index is 12.8. The molecule has 0 radical (unpaired) electrons. The number of amides is 2. The van der Waals surface area contributed by atoms with Gasteiger partial charge >= 0.3 is 0 Å². The predicted molar refractivity (Wildman–Crippen MR) is 121 cm³/mol. The van der Waals surface area contributed by atoms with Gasteiger partial charge in [-0.25, -0.2) is 0 Å². The zero-order chi connectivity index (χ0) is 27.4. The molecule has 0 saturated heterocycles. The molecule has 10 nitrogen and oxygen atoms in total. The van der Waals surface area contributed by atoms with Gasteiger partial charge in [0.05, 0.1) is 22.8 Å². The third-order valence-corrected chi connectivity index (χ3v) is 5.46. The topological polar surface area (TPSA) is 117 Å². The number of aromatic nitrogens is 4. The van der Waals surface area contributed by atoms with Gasteiger partial charge in [0.15, 0.2) is 11.5 Å². The zero-order valence-electron chi connectivity index (χ0n) is 23.1. The Hall–Kier alpha value is -3.95. The summed E-state index contributed by atoms with van der Waals surface area (Å²) in [6.45, 7) is -4.80. The Balaban J connectivity index is 1.55. The summed E-state index contributed by atoms with van der Waals surface area (Å²) in [5, 5.41) is 19.8. The number of carbonyl (C=O) groups is 2. The molecule has 32 heavy (non-hydrogen) atoms. The Kier molecular flexibility index (Phi) is 3.38. The lowest BCUT2D eigenvalue weighted by Gasteiger charge is -2.29. The van der Waals surface area contributed by atoms with E-state index in [2.05, 4.69) is 25.9 Å². The molecule has 2 aliphatic rings. The largest absolute Gasteiger partial charge is 0.368 e. The number of carbonyl (C=O) groups excluding carboxylic acids is 2. The molecule has 1 aliphatic heterocycles. The molecular weight excluding hydrogens is 408 g/mol. The fraction of sp³-hybridized carbons (Fsp3) is 0.318. The first-order valence-electron chi connectivity index (χ1n) is 13.0. The highest BCUT2D eigenvalue weighted by atomic mass is 16.2. The lowest BCUT2D eigenvalue weighted by atomic mass is 9.99. The van der Waals surface area contributed by atoms with E-state index in [1.807, 2.05) is 17.3 Å². The first kappa shape index (κ1) is 14.2. The lowest BCUT2D eigenvalue weighted by Crippen LogP contribution is -2.24. The summed E-state index contributed by atoms with van der Waals surface area (Å²) in [6.07, 6.45) is 3.07. The number of para-hydroxylation sites is 1. The van der Waals surface area contributed by atoms with Crippen molar-refractivity contribution in [1.29, 1.82) is 0 Å². The maximum absolute atomic E-state index is 12.8. The van der Waals surface area contributed by atoms with Crippen molar-refractivity contribution >= 4 is 34.7 Å². The van der Waals surface area contributed by atoms with E-state index >= 15 is 0 Å². The Bertz CT molecular complexity index is 1430. The number of hydrogen-bond acceptors (Lipinski definition) is 7. The number of hydrogen-bond donors (Lipinski definition) is 3. The summed E-state index contributed by atoms with van der Waals surface area (Å²) in [6, 6.07) is 6.71. The van der Waals surface area contributed by atoms with Crippen LogP contribution in [-0.2, 0) is 18.3 Å². The van der Waals surface area contributed by atoms with Crippen LogP contribution in [0, 0.1) is 5.92 Å². The summed E-state index contributed by atoms with van der Waals surface area (Å²) < 4.78 is 46.2. The van der Waals surface area contributed by atoms with E-state index < -0.39 is 19.9 Å². The second kappa shape index (κ2) is 7.63. The van der Waals surface area contributed by atoms with Crippen LogP contribution in [0.3, 0.4) is 0 Å². The van der Waals surface area contributed by atoms with Crippen molar-refractivity contribution in [3.05, 3.63) is 41.7 Å². The minimum atomic E-state index is -2.75. The summed E-state index contributed by atoms with van der Waals surface area (Å²) in [7, 11) is 1.83. The molecule has 0 unspecified atom stereocenters. The van der Waals surface area contributed by atoms with E-state index in [0.717, 1.165) is 23.1 Å². The highest BCUT2D eigenvalue weighted by Crippen LogP contribution is 2.43. The van der Waals surface area contributed by atoms with Gasteiger partial charge in [-0.2, -0.15) is 5.10 Å². The molecule has 2 aromatic heterocycles. The van der Waals surface area contributed by atoms with E-state index in [9.17, 15) is 9.59 Å². The fourth-order valence-electron chi connectivity index (χ4n) is 3.83. The van der Waals surface area contributed by atoms with Crippen LogP contribution in [0.2, 0.25) is 0 Å². The van der Waals surface area contributed by atoms with Crippen LogP contribution in [0.25, 0.3) is 11.3 Å². The number of benzene rings is 1. The predicted octanol–water partition coefficient (Wildman–Crippen LogP) is 2.28. The first-order valence-corrected chi connectivity index (χ1v) is 10.0. The van der Waals surface area contributed by atoms with Crippen LogP contribution in [0.15, 0.2) is 30.5 Å². The molecule has 5 rings (SSSR count). The monoisotopic (exact) mass is 438 g/mol. The quantitative estimate of drug-likeness (QED) is 0.559. The van der Waals surface area contributed by atoms with Crippen LogP contribution in [-0.4, -0.2) is 45.8 Å². The van der Waals surface area contributed by atoms with Gasteiger partial charge in [0.25, 0.3) is 5.91 Å². The number of anilines is 4. The van der Waals surface area contributed by atoms with E-state index in [1.165, 1.54) is 12.3 Å². The zero-order valence-corrected chi connectivity index (χ0v) is 17.1. The molecule has 164 valence electrons. The first-order chi connectivity index (χ1) is 17.8. The van der Waals surface area contributed by atoms with Crippen molar-refractivity contribution in [1.82, 2.24) is 25.3 Å². The molecule has 0 spiro atoms. The van der Waals surface area contributed by atoms with E-state index in [1.54, 1.807) is 18.2 Å². The molecule has 1 fully saturated rings. The third kappa shape index (κ3) is 3.53. The second-order valence-corrected chi connectivity index (χ2v) is 7.84. The average Bonchev–Trinajstić information content (AvgIpc) is 3.56. The molecule has 1 aromatic carbocycles. The van der Waals surface area contributed by atoms with Gasteiger partial charge in [-0.15, -0.1) is 10.2 Å². The number of rotatable bonds is 5. The Labute approximate surface area is 193 Å². The van der Waals surface area contributed by atoms with Gasteiger partial charge < -0.3 is 20.9 Å². The van der Waals surface area contributed by atoms with Gasteiger partial charge in [-0.05, 0) is 18.9 Å². The molecule has 3 N–H and O–H groups in total. The normalized spacial score (nSPS) is 18.0. The minimum Gasteiger partial charge on any atom is -0.368 e. The summed E-state index contributed by atoms with van der Waals surface area (Å²) in [5.41, 5.74) is 2.96. The summed E-state index contributed by atoms with van der Waals surface area (Å²) in [5.74, 6) is -1.17. The fourth-order valence-corrected chi connectivity index (χ4v) is 3.83. The van der Waals surface area contributed by atoms with E-state index in [4.69, 9.17) is 8.22 Å². The molecule has 3 heterocycles. The molecule has 1 aliphatic carbocycles. The molecule has 2 amide bonds. The maximum Gasteiger partial charge on any atom is 0.273 e. The highest BCUT2D eigenvalue weighted by molar-refractivity contribution is 6.01. The molecule has 3 aromatic rings. The average molecular weight is 439 g/mol. The van der Waals surface area contributed by atoms with Gasteiger partial charge in [0, 0.05) is 65.1 Å². The van der Waals surface area contributed by atoms with Crippen LogP contribution < -0.4 is 20.9 Å². The Morgan fingerprint density at radius 3 is 2.88 bits per heavy atom. The van der Waals surface area contributed by atoms with Crippen LogP contribution in [0.4, 0.5) is 22.9 Å². The third-order valence-electron chi connectivity index (χ3n) is 5.46. The van der Waals surface area contributed by atoms with Crippen molar-refractivity contribution in [2.75, 3.05) is 29.6 Å². The van der Waals surface area contributed by atoms with Gasteiger partial charge in [-0.1, -0.05) is 12.1 Å². The standard InChI is InChI=1S/C22H24N8O2/c1-23-22(32)19-16(9-17(26-27-19)25-21(31)12-7-8-12)24-15-6-4-5-14-18-13(11-30(3)28-18)10-29(2)20(14)15/h4-6,9,11-12H,7-8,10H2,1-3H3,(H,23,32)(H2,24,25,26,31)/i1D3,3D3. The smallest absolute Gasteiger partial charge is 0.273 e. The van der Waals surface area contributed by atoms with Crippen LogP contribution >= 0.6 is 0 Å². The van der Waals surface area contributed by atoms with Crippen molar-refractivity contribution < 1.29 is 17.8 Å². The summed E-state index contributed by atoms with van der Waals surface area (Å²) >= 11 is 0. The van der Waals surface area contributed by atoms with E-state index in [-0.39, 0.29) is 29.0 Å². The van der Waals surface area contributed by atoms with Crippen molar-refractivity contribution in [3.8, 4) is 11.3 Å². The Morgan fingerprint density at radius 2 is 2.09 bits per heavy atom. The number of nitrogens with one attached hydrogen (secondary N) is 3. The van der Waals surface area contributed by atoms with Gasteiger partial charge in [0.2, 0.25) is 5.91 Å². The second-order valence-electron chi connectivity index (χ2n) is 7.84. The number of fused-ring (bicyclic) bond motifs is 3. The van der Waals surface area contributed by atoms with E-state index in [0.29, 0.717) is 29.2 Å². The van der Waals surface area contributed by atoms with Crippen molar-refractivity contribution in [2.24, 2.45) is 12.9 Å². The molecule has 0 atom stereocenters. The van der Waals surface area contributed by atoms with Crippen molar-refractivity contribution in [3.63, 3.8) is 0 Å². The molecule has 0 bridgehead atoms. The molecule has 1 saturated carbocycles.